The van der Waals surface area contributed by atoms with Crippen LogP contribution in [0.15, 0.2) is 30.0 Å². The highest BCUT2D eigenvalue weighted by Crippen LogP contribution is 2.36. The highest BCUT2D eigenvalue weighted by atomic mass is 35.5. The predicted molar refractivity (Wildman–Crippen MR) is 92.5 cm³/mol. The molecule has 1 aromatic carbocycles. The molecule has 0 radical (unpaired) electrons. The molecule has 0 aromatic heterocycles. The van der Waals surface area contributed by atoms with Crippen LogP contribution in [0.25, 0.3) is 0 Å². The Hall–Kier alpha value is -2.24. The highest BCUT2D eigenvalue weighted by Gasteiger charge is 2.33. The number of benzene rings is 1. The van der Waals surface area contributed by atoms with Gasteiger partial charge in [-0.25, -0.2) is 0 Å². The molecule has 1 rings (SSSR count). The summed E-state index contributed by atoms with van der Waals surface area (Å²) in [4.78, 5) is 12.0. The van der Waals surface area contributed by atoms with Gasteiger partial charge in [0.1, 0.15) is 11.6 Å². The molecule has 0 heterocycles. The van der Waals surface area contributed by atoms with E-state index >= 15 is 0 Å². The number of nitrogens with one attached hydrogen (secondary N) is 2. The molecule has 26 heavy (non-hydrogen) atoms. The van der Waals surface area contributed by atoms with Gasteiger partial charge >= 0.3 is 6.18 Å². The van der Waals surface area contributed by atoms with Crippen LogP contribution in [-0.2, 0) is 15.7 Å². The lowest BCUT2D eigenvalue weighted by Gasteiger charge is -2.11. The number of hydrogen-bond donors (Lipinski definition) is 2. The Morgan fingerprint density at radius 3 is 2.69 bits per heavy atom. The van der Waals surface area contributed by atoms with Crippen molar-refractivity contribution in [3.63, 3.8) is 0 Å². The van der Waals surface area contributed by atoms with E-state index in [2.05, 4.69) is 10.6 Å². The van der Waals surface area contributed by atoms with E-state index in [9.17, 15) is 18.0 Å². The molecule has 1 aromatic rings. The number of ether oxygens (including phenoxy) is 1. The van der Waals surface area contributed by atoms with Crippen LogP contribution in [0.1, 0.15) is 25.8 Å². The number of carbonyl (C=O) groups is 1. The number of alkyl halides is 3. The number of rotatable bonds is 8. The van der Waals surface area contributed by atoms with Crippen molar-refractivity contribution in [3.05, 3.63) is 40.6 Å². The third-order valence-electron chi connectivity index (χ3n) is 3.06. The van der Waals surface area contributed by atoms with Gasteiger partial charge in [-0.05, 0) is 38.5 Å². The third kappa shape index (κ3) is 7.33. The Bertz CT molecular complexity index is 697. The van der Waals surface area contributed by atoms with Crippen molar-refractivity contribution >= 4 is 23.2 Å². The molecule has 2 N–H and O–H groups in total. The minimum absolute atomic E-state index is 0.113. The maximum Gasteiger partial charge on any atom is 0.417 e. The monoisotopic (exact) mass is 389 g/mol. The summed E-state index contributed by atoms with van der Waals surface area (Å²) in [5, 5.41) is 13.6. The minimum atomic E-state index is -4.65. The molecule has 0 aliphatic carbocycles. The number of hydrogen-bond acceptors (Lipinski definition) is 4. The third-order valence-corrected chi connectivity index (χ3v) is 3.39. The van der Waals surface area contributed by atoms with Crippen molar-refractivity contribution in [2.75, 3.05) is 18.5 Å². The molecule has 0 unspecified atom stereocenters. The van der Waals surface area contributed by atoms with E-state index < -0.39 is 22.7 Å². The minimum Gasteiger partial charge on any atom is -0.390 e. The van der Waals surface area contributed by atoms with E-state index in [0.29, 0.717) is 25.6 Å². The molecule has 142 valence electrons. The predicted octanol–water partition coefficient (Wildman–Crippen LogP) is 4.11. The molecule has 0 saturated heterocycles. The van der Waals surface area contributed by atoms with Gasteiger partial charge in [0.15, 0.2) is 0 Å². The van der Waals surface area contributed by atoms with E-state index in [1.165, 1.54) is 12.3 Å². The molecule has 0 saturated carbocycles. The second-order valence-corrected chi connectivity index (χ2v) is 5.95. The number of anilines is 1. The lowest BCUT2D eigenvalue weighted by atomic mass is 10.2. The first-order valence-corrected chi connectivity index (χ1v) is 8.16. The highest BCUT2D eigenvalue weighted by molar-refractivity contribution is 6.31. The largest absolute Gasteiger partial charge is 0.417 e. The average Bonchev–Trinajstić information content (AvgIpc) is 2.54. The van der Waals surface area contributed by atoms with Crippen molar-refractivity contribution in [1.29, 1.82) is 5.26 Å². The zero-order chi connectivity index (χ0) is 19.7. The Labute approximate surface area is 154 Å². The number of nitriles is 1. The van der Waals surface area contributed by atoms with Crippen LogP contribution in [0.4, 0.5) is 18.9 Å². The zero-order valence-electron chi connectivity index (χ0n) is 14.3. The van der Waals surface area contributed by atoms with Gasteiger partial charge in [0, 0.05) is 25.0 Å². The molecule has 5 nitrogen and oxygen atoms in total. The number of halogens is 4. The fourth-order valence-electron chi connectivity index (χ4n) is 1.83. The molecule has 0 aliphatic heterocycles. The molecular formula is C17H19ClF3N3O2. The normalized spacial score (nSPS) is 12.0. The van der Waals surface area contributed by atoms with E-state index in [4.69, 9.17) is 21.6 Å². The Balaban J connectivity index is 2.67. The van der Waals surface area contributed by atoms with Gasteiger partial charge in [0.05, 0.1) is 16.7 Å². The first-order valence-electron chi connectivity index (χ1n) is 7.78. The zero-order valence-corrected chi connectivity index (χ0v) is 15.0. The standard InChI is InChI=1S/C17H19ClF3N3O2/c1-11(2)26-7-3-6-23-10-12(9-22)16(25)24-13-4-5-15(18)14(8-13)17(19,20)21/h4-5,8,10-11,23H,3,6-7H2,1-2H3,(H,24,25)/b12-10-. The smallest absolute Gasteiger partial charge is 0.390 e. The van der Waals surface area contributed by atoms with Crippen LogP contribution in [0, 0.1) is 11.3 Å². The number of carbonyl (C=O) groups excluding carboxylic acids is 1. The maximum atomic E-state index is 12.8. The molecule has 1 amide bonds. The van der Waals surface area contributed by atoms with Crippen molar-refractivity contribution in [2.24, 2.45) is 0 Å². The summed E-state index contributed by atoms with van der Waals surface area (Å²) >= 11 is 5.52. The molecule has 9 heteroatoms. The van der Waals surface area contributed by atoms with Crippen molar-refractivity contribution in [1.82, 2.24) is 5.32 Å². The summed E-state index contributed by atoms with van der Waals surface area (Å²) in [5.74, 6) is -0.825. The van der Waals surface area contributed by atoms with Gasteiger partial charge in [-0.1, -0.05) is 11.6 Å². The van der Waals surface area contributed by atoms with Crippen molar-refractivity contribution in [3.8, 4) is 6.07 Å². The van der Waals surface area contributed by atoms with E-state index in [0.717, 1.165) is 6.07 Å². The van der Waals surface area contributed by atoms with Crippen molar-refractivity contribution in [2.45, 2.75) is 32.5 Å². The Kier molecular flexibility index (Phi) is 8.42. The summed E-state index contributed by atoms with van der Waals surface area (Å²) in [7, 11) is 0. The van der Waals surface area contributed by atoms with E-state index in [1.54, 1.807) is 6.07 Å². The first kappa shape index (κ1) is 21.8. The summed E-state index contributed by atoms with van der Waals surface area (Å²) in [6.07, 6.45) is -2.65. The second-order valence-electron chi connectivity index (χ2n) is 5.54. The van der Waals surface area contributed by atoms with Gasteiger partial charge in [-0.3, -0.25) is 4.79 Å². The molecule has 0 bridgehead atoms. The van der Waals surface area contributed by atoms with Gasteiger partial charge < -0.3 is 15.4 Å². The van der Waals surface area contributed by atoms with Crippen LogP contribution in [-0.4, -0.2) is 25.2 Å². The van der Waals surface area contributed by atoms with Crippen LogP contribution in [0.2, 0.25) is 5.02 Å². The molecular weight excluding hydrogens is 371 g/mol. The fraction of sp³-hybridized carbons (Fsp3) is 0.412. The van der Waals surface area contributed by atoms with E-state index in [-0.39, 0.29) is 17.4 Å². The summed E-state index contributed by atoms with van der Waals surface area (Å²) in [5.41, 5.74) is -1.45. The van der Waals surface area contributed by atoms with Gasteiger partial charge in [-0.2, -0.15) is 18.4 Å². The van der Waals surface area contributed by atoms with Gasteiger partial charge in [0.2, 0.25) is 0 Å². The second kappa shape index (κ2) is 10.0. The van der Waals surface area contributed by atoms with Gasteiger partial charge in [-0.15, -0.1) is 0 Å². The summed E-state index contributed by atoms with van der Waals surface area (Å²) < 4.78 is 43.8. The number of amides is 1. The quantitative estimate of drug-likeness (QED) is 0.398. The van der Waals surface area contributed by atoms with E-state index in [1.807, 2.05) is 13.8 Å². The Morgan fingerprint density at radius 1 is 1.42 bits per heavy atom. The molecule has 0 spiro atoms. The van der Waals surface area contributed by atoms with Crippen molar-refractivity contribution < 1.29 is 22.7 Å². The SMILES string of the molecule is CC(C)OCCCN/C=C(/C#N)C(=O)Nc1ccc(Cl)c(C(F)(F)F)c1. The summed E-state index contributed by atoms with van der Waals surface area (Å²) in [6, 6.07) is 4.66. The summed E-state index contributed by atoms with van der Waals surface area (Å²) in [6.45, 7) is 4.82. The van der Waals surface area contributed by atoms with Gasteiger partial charge in [0.25, 0.3) is 5.91 Å². The average molecular weight is 390 g/mol. The topological polar surface area (TPSA) is 74.1 Å². The lowest BCUT2D eigenvalue weighted by molar-refractivity contribution is -0.137. The lowest BCUT2D eigenvalue weighted by Crippen LogP contribution is -2.18. The maximum absolute atomic E-state index is 12.8. The first-order chi connectivity index (χ1) is 12.1. The Morgan fingerprint density at radius 2 is 2.12 bits per heavy atom. The molecule has 0 aliphatic rings. The van der Waals surface area contributed by atoms with Crippen LogP contribution in [0.5, 0.6) is 0 Å². The fourth-order valence-corrected chi connectivity index (χ4v) is 2.06. The van der Waals surface area contributed by atoms with Crippen LogP contribution < -0.4 is 10.6 Å². The molecule has 0 fully saturated rings. The van der Waals surface area contributed by atoms with Crippen LogP contribution in [0.3, 0.4) is 0 Å². The number of nitrogens with zero attached hydrogens (tertiary/aromatic N) is 1. The molecule has 0 atom stereocenters. The van der Waals surface area contributed by atoms with Crippen LogP contribution >= 0.6 is 11.6 Å².